The van der Waals surface area contributed by atoms with Gasteiger partial charge in [-0.1, -0.05) is 29.8 Å². The van der Waals surface area contributed by atoms with Crippen molar-refractivity contribution < 1.29 is 23.8 Å². The number of rotatable bonds is 6. The van der Waals surface area contributed by atoms with Gasteiger partial charge in [0, 0.05) is 41.3 Å². The summed E-state index contributed by atoms with van der Waals surface area (Å²) in [5.74, 6) is -0.663. The van der Waals surface area contributed by atoms with E-state index in [0.29, 0.717) is 53.3 Å². The first-order chi connectivity index (χ1) is 17.8. The highest BCUT2D eigenvalue weighted by atomic mass is 35.5. The normalized spacial score (nSPS) is 18.4. The summed E-state index contributed by atoms with van der Waals surface area (Å²) < 4.78 is 22.0. The second kappa shape index (κ2) is 10.5. The zero-order chi connectivity index (χ0) is 26.1. The summed E-state index contributed by atoms with van der Waals surface area (Å²) in [6.07, 6.45) is 2.23. The number of hydrogen-bond donors (Lipinski definition) is 2. The van der Waals surface area contributed by atoms with Gasteiger partial charge in [-0.15, -0.1) is 0 Å². The number of carbonyl (C=O) groups excluding carboxylic acids is 2. The number of halogens is 2. The largest absolute Gasteiger partial charge is 0.488 e. The minimum Gasteiger partial charge on any atom is -0.488 e. The third-order valence-corrected chi connectivity index (χ3v) is 7.15. The summed E-state index contributed by atoms with van der Waals surface area (Å²) in [6, 6.07) is 11.4. The number of benzene rings is 2. The third kappa shape index (κ3) is 5.33. The molecule has 2 heterocycles. The topological polar surface area (TPSA) is 96.7 Å². The molecule has 2 N–H and O–H groups in total. The van der Waals surface area contributed by atoms with E-state index in [1.807, 2.05) is 0 Å². The van der Waals surface area contributed by atoms with Crippen molar-refractivity contribution in [1.29, 1.82) is 0 Å². The smallest absolute Gasteiger partial charge is 0.275 e. The molecule has 5 rings (SSSR count). The molecule has 8 nitrogen and oxygen atoms in total. The Balaban J connectivity index is 1.43. The molecule has 1 aliphatic heterocycles. The average Bonchev–Trinajstić information content (AvgIpc) is 3.22. The van der Waals surface area contributed by atoms with Crippen LogP contribution in [0.5, 0.6) is 5.75 Å². The number of carbonyl (C=O) groups is 2. The Morgan fingerprint density at radius 2 is 1.97 bits per heavy atom. The van der Waals surface area contributed by atoms with E-state index in [2.05, 4.69) is 10.4 Å². The Morgan fingerprint density at radius 3 is 2.73 bits per heavy atom. The van der Waals surface area contributed by atoms with Crippen molar-refractivity contribution >= 4 is 23.4 Å². The summed E-state index contributed by atoms with van der Waals surface area (Å²) in [4.78, 5) is 28.1. The lowest BCUT2D eigenvalue weighted by Gasteiger charge is -2.28. The molecule has 0 spiro atoms. The lowest BCUT2D eigenvalue weighted by molar-refractivity contribution is -0.123. The summed E-state index contributed by atoms with van der Waals surface area (Å²) in [7, 11) is 1.73. The molecule has 0 bridgehead atoms. The quantitative estimate of drug-likeness (QED) is 0.509. The van der Waals surface area contributed by atoms with Gasteiger partial charge in [-0.05, 0) is 49.9 Å². The molecule has 1 aliphatic carbocycles. The zero-order valence-electron chi connectivity index (χ0n) is 20.4. The Hall–Kier alpha value is -3.43. The van der Waals surface area contributed by atoms with Gasteiger partial charge in [-0.3, -0.25) is 14.3 Å². The number of hydrogen-bond acceptors (Lipinski definition) is 5. The molecule has 10 heteroatoms. The number of aromatic nitrogens is 2. The van der Waals surface area contributed by atoms with Crippen molar-refractivity contribution in [3.63, 3.8) is 0 Å². The number of nitrogens with zero attached hydrogens (tertiary/aromatic N) is 3. The molecule has 1 aromatic heterocycles. The molecule has 0 saturated heterocycles. The van der Waals surface area contributed by atoms with Crippen molar-refractivity contribution in [3.05, 3.63) is 70.1 Å². The van der Waals surface area contributed by atoms with Crippen LogP contribution in [0, 0.1) is 5.82 Å². The number of aliphatic hydroxyl groups excluding tert-OH is 1. The fraction of sp³-hybridized carbons (Fsp3) is 0.370. The standard InChI is InChI=1S/C27H28ClFN4O4/c1-32-26-20-12-17(28)6-11-23(20)37-15-21(26)25(31-32)27(36)33(13-16-4-2-3-5-22(16)29)14-24(35)30-18-7-9-19(34)10-8-18/h2-6,11-12,18-19,34H,7-10,13-15H2,1H3,(H,30,35). The molecule has 194 valence electrons. The van der Waals surface area contributed by atoms with Gasteiger partial charge in [0.25, 0.3) is 5.91 Å². The molecule has 2 aromatic carbocycles. The summed E-state index contributed by atoms with van der Waals surface area (Å²) in [5.41, 5.74) is 2.46. The first-order valence-electron chi connectivity index (χ1n) is 12.3. The predicted molar refractivity (Wildman–Crippen MR) is 136 cm³/mol. The average molecular weight is 527 g/mol. The monoisotopic (exact) mass is 526 g/mol. The van der Waals surface area contributed by atoms with Crippen LogP contribution in [0.3, 0.4) is 0 Å². The summed E-state index contributed by atoms with van der Waals surface area (Å²) >= 11 is 6.21. The van der Waals surface area contributed by atoms with Crippen LogP contribution in [0.15, 0.2) is 42.5 Å². The molecule has 2 amide bonds. The van der Waals surface area contributed by atoms with E-state index in [1.54, 1.807) is 48.1 Å². The van der Waals surface area contributed by atoms with Gasteiger partial charge in [0.15, 0.2) is 5.69 Å². The van der Waals surface area contributed by atoms with Crippen LogP contribution in [0.25, 0.3) is 11.3 Å². The highest BCUT2D eigenvalue weighted by Gasteiger charge is 2.32. The lowest BCUT2D eigenvalue weighted by atomic mass is 9.93. The van der Waals surface area contributed by atoms with E-state index >= 15 is 0 Å². The van der Waals surface area contributed by atoms with Crippen molar-refractivity contribution in [2.45, 2.75) is 51.0 Å². The maximum atomic E-state index is 14.5. The maximum absolute atomic E-state index is 14.5. The molecule has 0 unspecified atom stereocenters. The van der Waals surface area contributed by atoms with Crippen molar-refractivity contribution in [2.75, 3.05) is 6.54 Å². The van der Waals surface area contributed by atoms with Crippen LogP contribution in [0.1, 0.15) is 47.3 Å². The molecule has 0 atom stereocenters. The second-order valence-corrected chi connectivity index (χ2v) is 9.99. The number of aryl methyl sites for hydroxylation is 1. The molecule has 1 saturated carbocycles. The van der Waals surface area contributed by atoms with Gasteiger partial charge >= 0.3 is 0 Å². The minimum atomic E-state index is -0.497. The lowest BCUT2D eigenvalue weighted by Crippen LogP contribution is -2.45. The molecule has 1 fully saturated rings. The van der Waals surface area contributed by atoms with Crippen LogP contribution in [-0.2, 0) is 25.0 Å². The number of aliphatic hydroxyl groups is 1. The molecule has 37 heavy (non-hydrogen) atoms. The molecular formula is C27H28ClFN4O4. The SMILES string of the molecule is Cn1nc(C(=O)N(CC(=O)NC2CCC(O)CC2)Cc2ccccc2F)c2c1-c1cc(Cl)ccc1OC2. The Labute approximate surface area is 219 Å². The van der Waals surface area contributed by atoms with E-state index < -0.39 is 11.7 Å². The Bertz CT molecular complexity index is 1340. The van der Waals surface area contributed by atoms with Crippen LogP contribution in [-0.4, -0.2) is 50.3 Å². The maximum Gasteiger partial charge on any atom is 0.275 e. The van der Waals surface area contributed by atoms with Crippen molar-refractivity contribution in [3.8, 4) is 17.0 Å². The highest BCUT2D eigenvalue weighted by Crippen LogP contribution is 2.40. The highest BCUT2D eigenvalue weighted by molar-refractivity contribution is 6.31. The van der Waals surface area contributed by atoms with E-state index in [4.69, 9.17) is 16.3 Å². The first-order valence-corrected chi connectivity index (χ1v) is 12.7. The van der Waals surface area contributed by atoms with Crippen molar-refractivity contribution in [1.82, 2.24) is 20.0 Å². The van der Waals surface area contributed by atoms with E-state index in [1.165, 1.54) is 11.0 Å². The van der Waals surface area contributed by atoms with E-state index in [0.717, 1.165) is 5.56 Å². The van der Waals surface area contributed by atoms with Gasteiger partial charge in [-0.2, -0.15) is 5.10 Å². The zero-order valence-corrected chi connectivity index (χ0v) is 21.2. The van der Waals surface area contributed by atoms with Crippen molar-refractivity contribution in [2.24, 2.45) is 7.05 Å². The van der Waals surface area contributed by atoms with Gasteiger partial charge < -0.3 is 20.1 Å². The number of amides is 2. The van der Waals surface area contributed by atoms with E-state index in [-0.39, 0.29) is 43.4 Å². The first kappa shape index (κ1) is 25.2. The number of ether oxygens (including phenoxy) is 1. The van der Waals surface area contributed by atoms with Gasteiger partial charge in [0.2, 0.25) is 5.91 Å². The number of nitrogens with one attached hydrogen (secondary N) is 1. The minimum absolute atomic E-state index is 0.0708. The molecule has 3 aromatic rings. The van der Waals surface area contributed by atoms with Crippen LogP contribution < -0.4 is 10.1 Å². The molecule has 0 radical (unpaired) electrons. The van der Waals surface area contributed by atoms with Crippen LogP contribution in [0.2, 0.25) is 5.02 Å². The summed E-state index contributed by atoms with van der Waals surface area (Å²) in [5, 5.41) is 17.7. The fourth-order valence-electron chi connectivity index (χ4n) is 5.02. The van der Waals surface area contributed by atoms with Gasteiger partial charge in [0.1, 0.15) is 24.7 Å². The number of fused-ring (bicyclic) bond motifs is 3. The second-order valence-electron chi connectivity index (χ2n) is 9.55. The van der Waals surface area contributed by atoms with Gasteiger partial charge in [0.05, 0.1) is 11.8 Å². The Morgan fingerprint density at radius 1 is 1.22 bits per heavy atom. The van der Waals surface area contributed by atoms with Crippen LogP contribution >= 0.6 is 11.6 Å². The van der Waals surface area contributed by atoms with Crippen LogP contribution in [0.4, 0.5) is 4.39 Å². The fourth-order valence-corrected chi connectivity index (χ4v) is 5.20. The molecule has 2 aliphatic rings. The predicted octanol–water partition coefficient (Wildman–Crippen LogP) is 3.83. The Kier molecular flexibility index (Phi) is 7.17. The third-order valence-electron chi connectivity index (χ3n) is 6.92. The van der Waals surface area contributed by atoms with E-state index in [9.17, 15) is 19.1 Å². The summed E-state index contributed by atoms with van der Waals surface area (Å²) in [6.45, 7) is -0.235. The molecular weight excluding hydrogens is 499 g/mol. The van der Waals surface area contributed by atoms with Gasteiger partial charge in [-0.25, -0.2) is 4.39 Å².